The van der Waals surface area contributed by atoms with E-state index in [1.807, 2.05) is 40.0 Å². The molecule has 1 radical (unpaired) electrons. The van der Waals surface area contributed by atoms with Crippen molar-refractivity contribution in [3.05, 3.63) is 19.0 Å². The van der Waals surface area contributed by atoms with Gasteiger partial charge in [0.15, 0.2) is 6.10 Å². The predicted molar refractivity (Wildman–Crippen MR) is 129 cm³/mol. The smallest absolute Gasteiger partial charge is 0.252 e. The molecule has 1 heterocycles. The monoisotopic (exact) mass is 578 g/mol. The molecule has 0 saturated carbocycles. The summed E-state index contributed by atoms with van der Waals surface area (Å²) in [6.07, 6.45) is -7.16. The third-order valence-electron chi connectivity index (χ3n) is 7.20. The van der Waals surface area contributed by atoms with Crippen LogP contribution in [0.4, 0.5) is 0 Å². The molecular formula is C23H45N4O7Y-. The fourth-order valence-corrected chi connectivity index (χ4v) is 3.29. The van der Waals surface area contributed by atoms with Gasteiger partial charge in [-0.15, -0.1) is 13.2 Å². The van der Waals surface area contributed by atoms with Crippen molar-refractivity contribution in [1.29, 1.82) is 0 Å². The molecule has 6 atom stereocenters. The number of carbonyl (C=O) groups excluding carboxylic acids is 2. The number of hydrogen-bond donors (Lipinski definition) is 6. The standard InChI is InChI=1S/C21H41N4O7.C2H4.Y/c1-11(31-9-8-19(2,3)18(30)25-23)21(6,7)20(4,5)10-24-17(29)15-13(27)12(26)14(28)16(22)32-15;1-2;/h11-16,23,26-28H,8-10,22H2,1-7H3,(H,24,29)(H,25,30);1-2H2;/q-1;;. The molecule has 0 spiro atoms. The number of ether oxygens (including phenoxy) is 2. The van der Waals surface area contributed by atoms with E-state index in [9.17, 15) is 24.9 Å². The number of amides is 2. The van der Waals surface area contributed by atoms with E-state index in [-0.39, 0.29) is 51.3 Å². The summed E-state index contributed by atoms with van der Waals surface area (Å²) in [5, 5.41) is 32.4. The van der Waals surface area contributed by atoms with E-state index in [1.165, 1.54) is 0 Å². The van der Waals surface area contributed by atoms with E-state index in [0.717, 1.165) is 0 Å². The van der Waals surface area contributed by atoms with Crippen molar-refractivity contribution in [2.75, 3.05) is 13.2 Å². The van der Waals surface area contributed by atoms with Gasteiger partial charge in [-0.2, -0.15) is 0 Å². The summed E-state index contributed by atoms with van der Waals surface area (Å²) in [5.41, 5.74) is 5.89. The molecule has 0 aromatic rings. The Bertz CT molecular complexity index is 678. The average Bonchev–Trinajstić information content (AvgIpc) is 2.78. The molecule has 1 saturated heterocycles. The van der Waals surface area contributed by atoms with E-state index < -0.39 is 52.8 Å². The number of nitrogens with two attached hydrogens (primary N) is 1. The van der Waals surface area contributed by atoms with Crippen molar-refractivity contribution in [3.63, 3.8) is 0 Å². The maximum Gasteiger partial charge on any atom is 0.252 e. The summed E-state index contributed by atoms with van der Waals surface area (Å²) in [7, 11) is 0. The van der Waals surface area contributed by atoms with Crippen LogP contribution in [0.3, 0.4) is 0 Å². The van der Waals surface area contributed by atoms with Crippen LogP contribution in [0.1, 0.15) is 54.9 Å². The van der Waals surface area contributed by atoms with Crippen LogP contribution in [-0.2, 0) is 51.8 Å². The number of carbonyl (C=O) groups is 2. The first-order chi connectivity index (χ1) is 15.5. The number of rotatable bonds is 10. The minimum absolute atomic E-state index is 0. The predicted octanol–water partition coefficient (Wildman–Crippen LogP) is 0.626. The minimum Gasteiger partial charge on any atom is -0.584 e. The van der Waals surface area contributed by atoms with Crippen LogP contribution in [0.2, 0.25) is 0 Å². The molecule has 1 fully saturated rings. The normalized spacial score (nSPS) is 25.9. The number of aliphatic hydroxyl groups is 3. The molecule has 0 bridgehead atoms. The van der Waals surface area contributed by atoms with Crippen LogP contribution in [-0.4, -0.2) is 77.0 Å². The topological polar surface area (TPSA) is 187 Å². The second-order valence-corrected chi connectivity index (χ2v) is 10.4. The van der Waals surface area contributed by atoms with Gasteiger partial charge in [-0.1, -0.05) is 41.5 Å². The van der Waals surface area contributed by atoms with Gasteiger partial charge in [0, 0.05) is 51.3 Å². The Morgan fingerprint density at radius 1 is 1.09 bits per heavy atom. The molecule has 12 heteroatoms. The van der Waals surface area contributed by atoms with E-state index in [2.05, 4.69) is 18.5 Å². The van der Waals surface area contributed by atoms with Crippen LogP contribution in [0.5, 0.6) is 0 Å². The molecule has 2 amide bonds. The second-order valence-electron chi connectivity index (χ2n) is 10.4. The van der Waals surface area contributed by atoms with E-state index in [1.54, 1.807) is 13.8 Å². The molecule has 0 aliphatic carbocycles. The molecule has 11 nitrogen and oxygen atoms in total. The van der Waals surface area contributed by atoms with Crippen molar-refractivity contribution >= 4 is 11.8 Å². The third kappa shape index (κ3) is 9.39. The van der Waals surface area contributed by atoms with Crippen molar-refractivity contribution in [3.8, 4) is 0 Å². The summed E-state index contributed by atoms with van der Waals surface area (Å²) in [4.78, 5) is 24.4. The molecule has 0 aromatic carbocycles. The molecule has 8 N–H and O–H groups in total. The van der Waals surface area contributed by atoms with Crippen LogP contribution in [0.15, 0.2) is 13.2 Å². The molecule has 6 unspecified atom stereocenters. The van der Waals surface area contributed by atoms with Crippen LogP contribution >= 0.6 is 0 Å². The van der Waals surface area contributed by atoms with Crippen molar-refractivity contribution < 1.29 is 67.1 Å². The molecule has 35 heavy (non-hydrogen) atoms. The Kier molecular flexibility index (Phi) is 15.8. The fraction of sp³-hybridized carbons (Fsp3) is 0.826. The summed E-state index contributed by atoms with van der Waals surface area (Å²) < 4.78 is 11.2. The van der Waals surface area contributed by atoms with Crippen LogP contribution in [0, 0.1) is 16.2 Å². The second kappa shape index (κ2) is 15.0. The van der Waals surface area contributed by atoms with Gasteiger partial charge in [0.05, 0.1) is 6.10 Å². The third-order valence-corrected chi connectivity index (χ3v) is 7.20. The molecule has 1 aliphatic rings. The van der Waals surface area contributed by atoms with Crippen molar-refractivity contribution in [2.45, 2.75) is 91.6 Å². The van der Waals surface area contributed by atoms with Crippen molar-refractivity contribution in [1.82, 2.24) is 10.7 Å². The molecule has 1 aliphatic heterocycles. The zero-order valence-electron chi connectivity index (χ0n) is 22.1. The van der Waals surface area contributed by atoms with Gasteiger partial charge in [-0.05, 0) is 24.2 Å². The first-order valence-electron chi connectivity index (χ1n) is 11.3. The summed E-state index contributed by atoms with van der Waals surface area (Å²) >= 11 is 0. The SMILES string of the molecule is C=C.CC(OCCC(C)(C)C(=O)N[NH-])C(C)(C)C(C)(C)CNC(=O)C1OC(N)C(O)C(O)C1O.[Y]. The van der Waals surface area contributed by atoms with E-state index in [0.29, 0.717) is 13.0 Å². The number of aliphatic hydroxyl groups excluding tert-OH is 3. The van der Waals surface area contributed by atoms with Gasteiger partial charge in [-0.25, -0.2) is 0 Å². The van der Waals surface area contributed by atoms with Crippen molar-refractivity contribution in [2.24, 2.45) is 22.0 Å². The first-order valence-corrected chi connectivity index (χ1v) is 11.3. The Labute approximate surface area is 234 Å². The summed E-state index contributed by atoms with van der Waals surface area (Å²) in [5.74, 6) is 6.02. The molecule has 203 valence electrons. The van der Waals surface area contributed by atoms with Crippen LogP contribution in [0.25, 0.3) is 5.84 Å². The maximum atomic E-state index is 12.6. The zero-order valence-corrected chi connectivity index (χ0v) is 25.0. The molecule has 1 rings (SSSR count). The number of hydrogen-bond acceptors (Lipinski definition) is 8. The quantitative estimate of drug-likeness (QED) is 0.161. The Morgan fingerprint density at radius 3 is 2.09 bits per heavy atom. The molecular weight excluding hydrogens is 533 g/mol. The Balaban J connectivity index is 0. The number of nitrogens with one attached hydrogen (secondary N) is 3. The molecule has 0 aromatic heterocycles. The van der Waals surface area contributed by atoms with Gasteiger partial charge in [0.2, 0.25) is 5.91 Å². The van der Waals surface area contributed by atoms with Gasteiger partial charge < -0.3 is 47.1 Å². The van der Waals surface area contributed by atoms with Gasteiger partial charge >= 0.3 is 0 Å². The van der Waals surface area contributed by atoms with E-state index >= 15 is 0 Å². The zero-order chi connectivity index (χ0) is 27.1. The average molecular weight is 579 g/mol. The van der Waals surface area contributed by atoms with Gasteiger partial charge in [0.25, 0.3) is 5.91 Å². The first kappa shape index (κ1) is 36.7. The summed E-state index contributed by atoms with van der Waals surface area (Å²) in [6.45, 7) is 19.9. The van der Waals surface area contributed by atoms with Gasteiger partial charge in [0.1, 0.15) is 24.5 Å². The maximum absolute atomic E-state index is 12.6. The van der Waals surface area contributed by atoms with E-state index in [4.69, 9.17) is 21.1 Å². The largest absolute Gasteiger partial charge is 0.584 e. The van der Waals surface area contributed by atoms with Gasteiger partial charge in [-0.3, -0.25) is 9.59 Å². The minimum atomic E-state index is -1.60. The fourth-order valence-electron chi connectivity index (χ4n) is 3.29. The Morgan fingerprint density at radius 2 is 1.60 bits per heavy atom. The summed E-state index contributed by atoms with van der Waals surface area (Å²) in [6, 6.07) is 0. The van der Waals surface area contributed by atoms with Crippen LogP contribution < -0.4 is 16.5 Å². The Hall–Kier alpha value is -0.496.